The van der Waals surface area contributed by atoms with Crippen LogP contribution in [0.4, 0.5) is 0 Å². The molecule has 1 aliphatic heterocycles. The smallest absolute Gasteiger partial charge is 0.241 e. The van der Waals surface area contributed by atoms with Gasteiger partial charge in [-0.15, -0.1) is 0 Å². The van der Waals surface area contributed by atoms with E-state index in [1.165, 1.54) is 19.3 Å². The van der Waals surface area contributed by atoms with Crippen LogP contribution in [0.3, 0.4) is 0 Å². The maximum absolute atomic E-state index is 12.9. The molecule has 1 saturated heterocycles. The summed E-state index contributed by atoms with van der Waals surface area (Å²) in [6, 6.07) is 0.515. The summed E-state index contributed by atoms with van der Waals surface area (Å²) < 4.78 is 0. The van der Waals surface area contributed by atoms with Crippen LogP contribution in [-0.4, -0.2) is 29.1 Å². The Balaban J connectivity index is 2.08. The molecule has 2 aliphatic rings. The Morgan fingerprint density at radius 3 is 2.52 bits per heavy atom. The van der Waals surface area contributed by atoms with E-state index in [-0.39, 0.29) is 12.2 Å². The number of nitrogens with one attached hydrogen (secondary N) is 1. The number of rotatable bonds is 5. The molecule has 0 spiro atoms. The van der Waals surface area contributed by atoms with Gasteiger partial charge in [0.15, 0.2) is 0 Å². The lowest BCUT2D eigenvalue weighted by Crippen LogP contribution is -2.47. The van der Waals surface area contributed by atoms with Crippen LogP contribution in [0.2, 0.25) is 0 Å². The van der Waals surface area contributed by atoms with Gasteiger partial charge in [0, 0.05) is 6.04 Å². The maximum Gasteiger partial charge on any atom is 0.241 e. The summed E-state index contributed by atoms with van der Waals surface area (Å²) in [6.45, 7) is 11.3. The van der Waals surface area contributed by atoms with Crippen LogP contribution in [-0.2, 0) is 4.79 Å². The van der Waals surface area contributed by atoms with Crippen LogP contribution >= 0.6 is 0 Å². The van der Waals surface area contributed by atoms with Gasteiger partial charge in [-0.25, -0.2) is 0 Å². The van der Waals surface area contributed by atoms with E-state index in [1.807, 2.05) is 0 Å². The van der Waals surface area contributed by atoms with Crippen LogP contribution in [0.25, 0.3) is 0 Å². The largest absolute Gasteiger partial charge is 0.323 e. The number of hydrogen-bond donors (Lipinski definition) is 1. The van der Waals surface area contributed by atoms with Crippen LogP contribution in [0.1, 0.15) is 73.1 Å². The van der Waals surface area contributed by atoms with Gasteiger partial charge in [0.2, 0.25) is 5.91 Å². The van der Waals surface area contributed by atoms with E-state index < -0.39 is 0 Å². The fraction of sp³-hybridized carbons (Fsp3) is 0.944. The van der Waals surface area contributed by atoms with Crippen LogP contribution in [0.5, 0.6) is 0 Å². The minimum Gasteiger partial charge on any atom is -0.323 e. The molecule has 0 bridgehead atoms. The Morgan fingerprint density at radius 1 is 1.24 bits per heavy atom. The second kappa shape index (κ2) is 7.13. The SMILES string of the molecule is CCCC1NC(CC(C)C)C(=O)N1C1CCC(C)C(C)C1. The molecule has 2 fully saturated rings. The van der Waals surface area contributed by atoms with E-state index in [1.54, 1.807) is 0 Å². The molecule has 3 heteroatoms. The zero-order chi connectivity index (χ0) is 15.6. The normalized spacial score (nSPS) is 37.5. The zero-order valence-corrected chi connectivity index (χ0v) is 14.6. The van der Waals surface area contributed by atoms with Gasteiger partial charge in [0.05, 0.1) is 12.2 Å². The topological polar surface area (TPSA) is 32.3 Å². The van der Waals surface area contributed by atoms with Gasteiger partial charge in [-0.1, -0.05) is 41.0 Å². The molecule has 1 aliphatic carbocycles. The van der Waals surface area contributed by atoms with Gasteiger partial charge in [-0.2, -0.15) is 0 Å². The first-order chi connectivity index (χ1) is 9.93. The number of amides is 1. The summed E-state index contributed by atoms with van der Waals surface area (Å²) in [7, 11) is 0. The molecule has 0 aromatic heterocycles. The Kier molecular flexibility index (Phi) is 5.70. The molecule has 0 radical (unpaired) electrons. The highest BCUT2D eigenvalue weighted by Gasteiger charge is 2.43. The standard InChI is InChI=1S/C18H34N2O/c1-6-7-17-19-16(10-12(2)3)18(21)20(17)15-9-8-13(4)14(5)11-15/h12-17,19H,6-11H2,1-5H3. The monoisotopic (exact) mass is 294 g/mol. The molecule has 1 amide bonds. The van der Waals surface area contributed by atoms with E-state index in [0.29, 0.717) is 17.9 Å². The van der Waals surface area contributed by atoms with Gasteiger partial charge >= 0.3 is 0 Å². The molecule has 3 nitrogen and oxygen atoms in total. The van der Waals surface area contributed by atoms with Gasteiger partial charge in [-0.05, 0) is 49.9 Å². The summed E-state index contributed by atoms with van der Waals surface area (Å²) in [6.07, 6.45) is 7.10. The number of nitrogens with zero attached hydrogens (tertiary/aromatic N) is 1. The second-order valence-corrected chi connectivity index (χ2v) is 7.82. The molecule has 1 saturated carbocycles. The van der Waals surface area contributed by atoms with E-state index in [0.717, 1.165) is 31.1 Å². The lowest BCUT2D eigenvalue weighted by Gasteiger charge is -2.40. The van der Waals surface area contributed by atoms with E-state index in [2.05, 4.69) is 44.8 Å². The first-order valence-electron chi connectivity index (χ1n) is 9.02. The molecule has 5 unspecified atom stereocenters. The average molecular weight is 294 g/mol. The third-order valence-corrected chi connectivity index (χ3v) is 5.52. The summed E-state index contributed by atoms with van der Waals surface area (Å²) in [5.74, 6) is 2.49. The molecule has 0 aromatic carbocycles. The van der Waals surface area contributed by atoms with Gasteiger partial charge in [0.1, 0.15) is 0 Å². The van der Waals surface area contributed by atoms with Crippen molar-refractivity contribution < 1.29 is 4.79 Å². The van der Waals surface area contributed by atoms with Crippen molar-refractivity contribution >= 4 is 5.91 Å². The van der Waals surface area contributed by atoms with Crippen molar-refractivity contribution in [2.75, 3.05) is 0 Å². The molecular weight excluding hydrogens is 260 g/mol. The quantitative estimate of drug-likeness (QED) is 0.837. The minimum absolute atomic E-state index is 0.0520. The third kappa shape index (κ3) is 3.80. The Hall–Kier alpha value is -0.570. The molecule has 122 valence electrons. The summed E-state index contributed by atoms with van der Waals surface area (Å²) in [5, 5.41) is 3.62. The first-order valence-corrected chi connectivity index (χ1v) is 9.02. The van der Waals surface area contributed by atoms with Gasteiger partial charge in [-0.3, -0.25) is 10.1 Å². The molecular formula is C18H34N2O. The minimum atomic E-state index is 0.0520. The van der Waals surface area contributed by atoms with Crippen LogP contribution in [0.15, 0.2) is 0 Å². The maximum atomic E-state index is 12.9. The van der Waals surface area contributed by atoms with Crippen molar-refractivity contribution in [1.82, 2.24) is 10.2 Å². The van der Waals surface area contributed by atoms with Crippen LogP contribution < -0.4 is 5.32 Å². The molecule has 21 heavy (non-hydrogen) atoms. The van der Waals surface area contributed by atoms with Crippen molar-refractivity contribution in [2.24, 2.45) is 17.8 Å². The highest BCUT2D eigenvalue weighted by atomic mass is 16.2. The van der Waals surface area contributed by atoms with Crippen molar-refractivity contribution in [3.05, 3.63) is 0 Å². The van der Waals surface area contributed by atoms with E-state index in [4.69, 9.17) is 0 Å². The number of carbonyl (C=O) groups excluding carboxylic acids is 1. The molecule has 1 N–H and O–H groups in total. The summed E-state index contributed by atoms with van der Waals surface area (Å²) in [4.78, 5) is 15.1. The van der Waals surface area contributed by atoms with Crippen molar-refractivity contribution in [3.8, 4) is 0 Å². The van der Waals surface area contributed by atoms with E-state index >= 15 is 0 Å². The van der Waals surface area contributed by atoms with Crippen LogP contribution in [0, 0.1) is 17.8 Å². The second-order valence-electron chi connectivity index (χ2n) is 7.82. The fourth-order valence-corrected chi connectivity index (χ4v) is 4.06. The molecule has 1 heterocycles. The molecule has 5 atom stereocenters. The third-order valence-electron chi connectivity index (χ3n) is 5.52. The van der Waals surface area contributed by atoms with Gasteiger partial charge in [0.25, 0.3) is 0 Å². The molecule has 0 aromatic rings. The van der Waals surface area contributed by atoms with Crippen molar-refractivity contribution in [2.45, 2.75) is 91.4 Å². The Morgan fingerprint density at radius 2 is 1.95 bits per heavy atom. The first kappa shape index (κ1) is 16.8. The van der Waals surface area contributed by atoms with Gasteiger partial charge < -0.3 is 4.90 Å². The van der Waals surface area contributed by atoms with Crippen molar-refractivity contribution in [1.29, 1.82) is 0 Å². The Labute approximate surface area is 130 Å². The zero-order valence-electron chi connectivity index (χ0n) is 14.6. The summed E-state index contributed by atoms with van der Waals surface area (Å²) >= 11 is 0. The lowest BCUT2D eigenvalue weighted by molar-refractivity contribution is -0.133. The number of hydrogen-bond acceptors (Lipinski definition) is 2. The molecule has 2 rings (SSSR count). The highest BCUT2D eigenvalue weighted by molar-refractivity contribution is 5.84. The lowest BCUT2D eigenvalue weighted by atomic mass is 9.78. The average Bonchev–Trinajstić information content (AvgIpc) is 2.69. The highest BCUT2D eigenvalue weighted by Crippen LogP contribution is 2.35. The Bertz CT molecular complexity index is 355. The number of carbonyl (C=O) groups is 1. The van der Waals surface area contributed by atoms with E-state index in [9.17, 15) is 4.79 Å². The van der Waals surface area contributed by atoms with Crippen molar-refractivity contribution in [3.63, 3.8) is 0 Å². The predicted octanol–water partition coefficient (Wildman–Crippen LogP) is 3.78. The summed E-state index contributed by atoms with van der Waals surface area (Å²) in [5.41, 5.74) is 0. The predicted molar refractivity (Wildman–Crippen MR) is 87.9 cm³/mol. The fourth-order valence-electron chi connectivity index (χ4n) is 4.06.